The Labute approximate surface area is 179 Å². The van der Waals surface area contributed by atoms with Crippen molar-refractivity contribution in [3.8, 4) is 17.2 Å². The van der Waals surface area contributed by atoms with Gasteiger partial charge in [-0.15, -0.1) is 0 Å². The number of carbonyl (C=O) groups is 1. The lowest BCUT2D eigenvalue weighted by Gasteiger charge is -2.20. The summed E-state index contributed by atoms with van der Waals surface area (Å²) in [7, 11) is 1.55. The molecule has 0 spiro atoms. The molecule has 0 amide bonds. The summed E-state index contributed by atoms with van der Waals surface area (Å²) in [5, 5.41) is 0.626. The third-order valence-electron chi connectivity index (χ3n) is 5.09. The molecule has 0 bridgehead atoms. The highest BCUT2D eigenvalue weighted by molar-refractivity contribution is 5.88. The smallest absolute Gasteiger partial charge is 0.348 e. The van der Waals surface area contributed by atoms with E-state index in [1.807, 2.05) is 19.9 Å². The number of benzene rings is 2. The number of fused-ring (bicyclic) bond motifs is 3. The summed E-state index contributed by atoms with van der Waals surface area (Å²) >= 11 is 0. The Morgan fingerprint density at radius 3 is 2.61 bits per heavy atom. The van der Waals surface area contributed by atoms with Gasteiger partial charge in [-0.25, -0.2) is 9.59 Å². The van der Waals surface area contributed by atoms with Crippen molar-refractivity contribution in [1.82, 2.24) is 0 Å². The fourth-order valence-electron chi connectivity index (χ4n) is 3.86. The van der Waals surface area contributed by atoms with Crippen molar-refractivity contribution < 1.29 is 28.2 Å². The minimum Gasteiger partial charge on any atom is -0.493 e. The Hall–Kier alpha value is -3.48. The lowest BCUT2D eigenvalue weighted by Crippen LogP contribution is -2.32. The van der Waals surface area contributed by atoms with Crippen LogP contribution in [0.2, 0.25) is 0 Å². The third kappa shape index (κ3) is 3.71. The molecule has 0 saturated carbocycles. The van der Waals surface area contributed by atoms with E-state index in [9.17, 15) is 9.59 Å². The van der Waals surface area contributed by atoms with Gasteiger partial charge >= 0.3 is 11.6 Å². The second-order valence-corrected chi connectivity index (χ2v) is 7.47. The molecule has 0 aliphatic carbocycles. The zero-order valence-electron chi connectivity index (χ0n) is 17.8. The van der Waals surface area contributed by atoms with Gasteiger partial charge in [-0.05, 0) is 50.6 Å². The van der Waals surface area contributed by atoms with Gasteiger partial charge in [0.25, 0.3) is 0 Å². The summed E-state index contributed by atoms with van der Waals surface area (Å²) in [6.07, 6.45) is -1.12. The van der Waals surface area contributed by atoms with E-state index in [1.54, 1.807) is 50.4 Å². The SMILES string of the molecule is CCOC(=O)[C@H]1Oc2c(c(=O)oc3ccccc23)[C@@H]1c1ccc(OC)c(OC(C)C)c1. The number of methoxy groups -OCH3 is 1. The number of esters is 1. The maximum Gasteiger partial charge on any atom is 0.348 e. The maximum atomic E-state index is 13.0. The highest BCUT2D eigenvalue weighted by Gasteiger charge is 2.45. The fraction of sp³-hybridized carbons (Fsp3) is 0.333. The molecule has 3 aromatic rings. The van der Waals surface area contributed by atoms with E-state index in [-0.39, 0.29) is 18.3 Å². The van der Waals surface area contributed by atoms with E-state index in [1.165, 1.54) is 0 Å². The van der Waals surface area contributed by atoms with Gasteiger partial charge < -0.3 is 23.4 Å². The predicted octanol–water partition coefficient (Wildman–Crippen LogP) is 4.04. The number of hydrogen-bond donors (Lipinski definition) is 0. The van der Waals surface area contributed by atoms with Gasteiger partial charge in [-0.3, -0.25) is 0 Å². The first kappa shape index (κ1) is 20.8. The fourth-order valence-corrected chi connectivity index (χ4v) is 3.86. The van der Waals surface area contributed by atoms with E-state index < -0.39 is 23.6 Å². The summed E-state index contributed by atoms with van der Waals surface area (Å²) in [6, 6.07) is 12.4. The topological polar surface area (TPSA) is 84.2 Å². The molecule has 1 aromatic heterocycles. The molecule has 0 N–H and O–H groups in total. The molecular weight excluding hydrogens is 400 g/mol. The lowest BCUT2D eigenvalue weighted by molar-refractivity contribution is -0.151. The van der Waals surface area contributed by atoms with Gasteiger partial charge in [-0.1, -0.05) is 18.2 Å². The first-order chi connectivity index (χ1) is 14.9. The summed E-state index contributed by atoms with van der Waals surface area (Å²) in [4.78, 5) is 25.8. The van der Waals surface area contributed by atoms with Crippen molar-refractivity contribution in [2.24, 2.45) is 0 Å². The molecule has 0 fully saturated rings. The molecule has 162 valence electrons. The molecule has 2 aromatic carbocycles. The van der Waals surface area contributed by atoms with Crippen molar-refractivity contribution in [1.29, 1.82) is 0 Å². The highest BCUT2D eigenvalue weighted by atomic mass is 16.6. The van der Waals surface area contributed by atoms with Crippen LogP contribution in [0.4, 0.5) is 0 Å². The summed E-state index contributed by atoms with van der Waals surface area (Å²) in [6.45, 7) is 5.73. The van der Waals surface area contributed by atoms with Crippen LogP contribution >= 0.6 is 0 Å². The standard InChI is InChI=1S/C24H24O7/c1-5-28-24(26)22-19(14-10-11-17(27-4)18(12-14)29-13(2)3)20-21(31-22)15-8-6-7-9-16(15)30-23(20)25/h6-13,19,22H,5H2,1-4H3/t19-,22-/m0/s1. The second-order valence-electron chi connectivity index (χ2n) is 7.47. The number of hydrogen-bond acceptors (Lipinski definition) is 7. The van der Waals surface area contributed by atoms with E-state index in [0.29, 0.717) is 33.8 Å². The Morgan fingerprint density at radius 1 is 1.13 bits per heavy atom. The van der Waals surface area contributed by atoms with Crippen molar-refractivity contribution in [3.63, 3.8) is 0 Å². The first-order valence-electron chi connectivity index (χ1n) is 10.2. The van der Waals surface area contributed by atoms with Crippen LogP contribution in [-0.2, 0) is 9.53 Å². The van der Waals surface area contributed by atoms with Crippen LogP contribution in [0.5, 0.6) is 17.2 Å². The average molecular weight is 424 g/mol. The second kappa shape index (κ2) is 8.34. The summed E-state index contributed by atoms with van der Waals surface area (Å²) < 4.78 is 28.1. The predicted molar refractivity (Wildman–Crippen MR) is 114 cm³/mol. The van der Waals surface area contributed by atoms with Crippen molar-refractivity contribution in [3.05, 3.63) is 64.0 Å². The first-order valence-corrected chi connectivity index (χ1v) is 10.2. The Morgan fingerprint density at radius 2 is 1.90 bits per heavy atom. The number of carbonyl (C=O) groups excluding carboxylic acids is 1. The van der Waals surface area contributed by atoms with Crippen LogP contribution in [0.1, 0.15) is 37.8 Å². The number of ether oxygens (including phenoxy) is 4. The van der Waals surface area contributed by atoms with Crippen LogP contribution in [0.15, 0.2) is 51.7 Å². The lowest BCUT2D eigenvalue weighted by atomic mass is 9.88. The van der Waals surface area contributed by atoms with Crippen molar-refractivity contribution in [2.75, 3.05) is 13.7 Å². The highest BCUT2D eigenvalue weighted by Crippen LogP contribution is 2.46. The zero-order chi connectivity index (χ0) is 22.1. The zero-order valence-corrected chi connectivity index (χ0v) is 17.8. The minimum atomic E-state index is -1.02. The minimum absolute atomic E-state index is 0.0915. The van der Waals surface area contributed by atoms with Gasteiger partial charge in [0, 0.05) is 0 Å². The molecule has 31 heavy (non-hydrogen) atoms. The van der Waals surface area contributed by atoms with Gasteiger partial charge in [0.15, 0.2) is 11.5 Å². The molecule has 2 heterocycles. The quantitative estimate of drug-likeness (QED) is 0.436. The molecule has 7 nitrogen and oxygen atoms in total. The van der Waals surface area contributed by atoms with E-state index in [2.05, 4.69) is 0 Å². The average Bonchev–Trinajstić information content (AvgIpc) is 3.15. The molecule has 0 radical (unpaired) electrons. The van der Waals surface area contributed by atoms with Crippen LogP contribution in [0, 0.1) is 0 Å². The van der Waals surface area contributed by atoms with E-state index >= 15 is 0 Å². The van der Waals surface area contributed by atoms with Gasteiger partial charge in [0.1, 0.15) is 11.3 Å². The van der Waals surface area contributed by atoms with Gasteiger partial charge in [0.2, 0.25) is 6.10 Å². The molecule has 1 aliphatic rings. The van der Waals surface area contributed by atoms with Gasteiger partial charge in [0.05, 0.1) is 36.7 Å². The Bertz CT molecular complexity index is 1180. The van der Waals surface area contributed by atoms with E-state index in [0.717, 1.165) is 0 Å². The molecule has 4 rings (SSSR count). The monoisotopic (exact) mass is 424 g/mol. The number of para-hydroxylation sites is 1. The molecule has 0 saturated heterocycles. The third-order valence-corrected chi connectivity index (χ3v) is 5.09. The van der Waals surface area contributed by atoms with Crippen LogP contribution in [-0.4, -0.2) is 31.9 Å². The molecule has 0 unspecified atom stereocenters. The summed E-state index contributed by atoms with van der Waals surface area (Å²) in [5.41, 5.74) is 0.800. The normalized spacial score (nSPS) is 17.3. The van der Waals surface area contributed by atoms with Crippen LogP contribution < -0.4 is 19.8 Å². The van der Waals surface area contributed by atoms with E-state index in [4.69, 9.17) is 23.4 Å². The van der Waals surface area contributed by atoms with Crippen molar-refractivity contribution >= 4 is 16.9 Å². The van der Waals surface area contributed by atoms with Crippen molar-refractivity contribution in [2.45, 2.75) is 38.9 Å². The van der Waals surface area contributed by atoms with Crippen LogP contribution in [0.25, 0.3) is 11.0 Å². The molecule has 2 atom stereocenters. The molecular formula is C24H24O7. The number of rotatable bonds is 6. The Balaban J connectivity index is 1.92. The largest absolute Gasteiger partial charge is 0.493 e. The molecule has 1 aliphatic heterocycles. The molecule has 7 heteroatoms. The maximum absolute atomic E-state index is 13.0. The summed E-state index contributed by atoms with van der Waals surface area (Å²) in [5.74, 6) is 0.146. The Kier molecular flexibility index (Phi) is 5.59. The van der Waals surface area contributed by atoms with Crippen LogP contribution in [0.3, 0.4) is 0 Å². The van der Waals surface area contributed by atoms with Gasteiger partial charge in [-0.2, -0.15) is 0 Å².